The third-order valence-electron chi connectivity index (χ3n) is 3.59. The molecule has 3 atom stereocenters. The molecule has 1 N–H and O–H groups in total. The summed E-state index contributed by atoms with van der Waals surface area (Å²) in [7, 11) is 0. The van der Waals surface area contributed by atoms with E-state index < -0.39 is 0 Å². The minimum Gasteiger partial charge on any atom is -0.393 e. The molecule has 3 heteroatoms. The number of aliphatic hydroxyl groups is 1. The van der Waals surface area contributed by atoms with Crippen LogP contribution in [0, 0.1) is 12.8 Å². The van der Waals surface area contributed by atoms with Crippen molar-refractivity contribution in [1.29, 1.82) is 0 Å². The van der Waals surface area contributed by atoms with Crippen LogP contribution in [0.2, 0.25) is 0 Å². The summed E-state index contributed by atoms with van der Waals surface area (Å²) >= 11 is 0. The quantitative estimate of drug-likeness (QED) is 0.786. The lowest BCUT2D eigenvalue weighted by molar-refractivity contribution is 0.0767. The Balaban J connectivity index is 2.31. The number of nitrogens with zero attached hydrogens (tertiary/aromatic N) is 1. The lowest BCUT2D eigenvalue weighted by atomic mass is 9.84. The van der Waals surface area contributed by atoms with E-state index >= 15 is 0 Å². The van der Waals surface area contributed by atoms with Crippen LogP contribution in [0.25, 0.3) is 0 Å². The van der Waals surface area contributed by atoms with Gasteiger partial charge >= 0.3 is 0 Å². The topological polar surface area (TPSA) is 42.2 Å². The SMILES string of the molecule is Cc1ccn(C2CC(O)CCC2C)c(=O)c1. The Hall–Kier alpha value is -1.09. The zero-order chi connectivity index (χ0) is 11.7. The highest BCUT2D eigenvalue weighted by Gasteiger charge is 2.28. The number of aryl methyl sites for hydroxylation is 1. The molecule has 1 fully saturated rings. The Bertz CT molecular complexity index is 424. The highest BCUT2D eigenvalue weighted by molar-refractivity contribution is 5.09. The maximum atomic E-state index is 11.9. The second-order valence-electron chi connectivity index (χ2n) is 4.96. The lowest BCUT2D eigenvalue weighted by Crippen LogP contribution is -2.34. The molecule has 1 aromatic heterocycles. The molecule has 0 amide bonds. The third kappa shape index (κ3) is 2.19. The fourth-order valence-electron chi connectivity index (χ4n) is 2.53. The van der Waals surface area contributed by atoms with Crippen molar-refractivity contribution in [3.63, 3.8) is 0 Å². The van der Waals surface area contributed by atoms with E-state index in [9.17, 15) is 9.90 Å². The predicted octanol–water partition coefficient (Wildman–Crippen LogP) is 1.88. The molecule has 2 rings (SSSR count). The lowest BCUT2D eigenvalue weighted by Gasteiger charge is -2.33. The molecule has 1 aliphatic carbocycles. The van der Waals surface area contributed by atoms with Gasteiger partial charge in [0.05, 0.1) is 6.10 Å². The first-order valence-electron chi connectivity index (χ1n) is 5.95. The van der Waals surface area contributed by atoms with Crippen LogP contribution in [-0.2, 0) is 0 Å². The second-order valence-corrected chi connectivity index (χ2v) is 4.96. The molecular weight excluding hydrogens is 202 g/mol. The summed E-state index contributed by atoms with van der Waals surface area (Å²) in [4.78, 5) is 11.9. The van der Waals surface area contributed by atoms with Crippen LogP contribution < -0.4 is 5.56 Å². The Morgan fingerprint density at radius 3 is 2.88 bits per heavy atom. The van der Waals surface area contributed by atoms with E-state index in [1.807, 2.05) is 19.2 Å². The van der Waals surface area contributed by atoms with Crippen molar-refractivity contribution in [3.05, 3.63) is 34.2 Å². The van der Waals surface area contributed by atoms with Crippen molar-refractivity contribution in [2.75, 3.05) is 0 Å². The molecular formula is C13H19NO2. The fraction of sp³-hybridized carbons (Fsp3) is 0.615. The van der Waals surface area contributed by atoms with E-state index in [0.29, 0.717) is 12.3 Å². The molecule has 0 bridgehead atoms. The van der Waals surface area contributed by atoms with Crippen molar-refractivity contribution in [1.82, 2.24) is 4.57 Å². The summed E-state index contributed by atoms with van der Waals surface area (Å²) in [5.41, 5.74) is 1.04. The molecule has 0 aliphatic heterocycles. The Morgan fingerprint density at radius 1 is 1.44 bits per heavy atom. The molecule has 1 aliphatic rings. The highest BCUT2D eigenvalue weighted by Crippen LogP contribution is 2.32. The van der Waals surface area contributed by atoms with Gasteiger partial charge in [-0.15, -0.1) is 0 Å². The smallest absolute Gasteiger partial charge is 0.251 e. The van der Waals surface area contributed by atoms with Gasteiger partial charge in [0.1, 0.15) is 0 Å². The molecule has 3 nitrogen and oxygen atoms in total. The van der Waals surface area contributed by atoms with Gasteiger partial charge < -0.3 is 9.67 Å². The van der Waals surface area contributed by atoms with E-state index in [-0.39, 0.29) is 17.7 Å². The highest BCUT2D eigenvalue weighted by atomic mass is 16.3. The van der Waals surface area contributed by atoms with Gasteiger partial charge in [-0.05, 0) is 43.7 Å². The fourth-order valence-corrected chi connectivity index (χ4v) is 2.53. The van der Waals surface area contributed by atoms with Crippen molar-refractivity contribution in [3.8, 4) is 0 Å². The van der Waals surface area contributed by atoms with Gasteiger partial charge in [-0.25, -0.2) is 0 Å². The molecule has 88 valence electrons. The maximum absolute atomic E-state index is 11.9. The number of hydrogen-bond donors (Lipinski definition) is 1. The Morgan fingerprint density at radius 2 is 2.19 bits per heavy atom. The van der Waals surface area contributed by atoms with Crippen LogP contribution >= 0.6 is 0 Å². The zero-order valence-electron chi connectivity index (χ0n) is 9.89. The minimum absolute atomic E-state index is 0.0472. The Labute approximate surface area is 95.7 Å². The molecule has 0 radical (unpaired) electrons. The van der Waals surface area contributed by atoms with Gasteiger partial charge in [0.15, 0.2) is 0 Å². The van der Waals surface area contributed by atoms with E-state index in [1.165, 1.54) is 0 Å². The summed E-state index contributed by atoms with van der Waals surface area (Å²) < 4.78 is 1.78. The molecule has 1 heterocycles. The average molecular weight is 221 g/mol. The van der Waals surface area contributed by atoms with Gasteiger partial charge in [-0.2, -0.15) is 0 Å². The van der Waals surface area contributed by atoms with Crippen LogP contribution in [0.1, 0.15) is 37.8 Å². The first-order valence-corrected chi connectivity index (χ1v) is 5.95. The van der Waals surface area contributed by atoms with E-state index in [2.05, 4.69) is 6.92 Å². The van der Waals surface area contributed by atoms with Crippen LogP contribution in [0.5, 0.6) is 0 Å². The summed E-state index contributed by atoms with van der Waals surface area (Å²) in [5, 5.41) is 9.69. The normalized spacial score (nSPS) is 30.3. The molecule has 16 heavy (non-hydrogen) atoms. The van der Waals surface area contributed by atoms with E-state index in [0.717, 1.165) is 18.4 Å². The maximum Gasteiger partial charge on any atom is 0.251 e. The first-order chi connectivity index (χ1) is 7.58. The largest absolute Gasteiger partial charge is 0.393 e. The molecule has 3 unspecified atom stereocenters. The van der Waals surface area contributed by atoms with Crippen LogP contribution in [0.15, 0.2) is 23.1 Å². The molecule has 0 aromatic carbocycles. The monoisotopic (exact) mass is 221 g/mol. The summed E-state index contributed by atoms with van der Waals surface area (Å²) in [6.45, 7) is 4.08. The standard InChI is InChI=1S/C13H19NO2/c1-9-5-6-14(13(16)7-9)12-8-11(15)4-3-10(12)2/h5-7,10-12,15H,3-4,8H2,1-2H3. The number of aliphatic hydroxyl groups excluding tert-OH is 1. The Kier molecular flexibility index (Phi) is 3.15. The minimum atomic E-state index is -0.255. The predicted molar refractivity (Wildman–Crippen MR) is 63.5 cm³/mol. The molecule has 1 aromatic rings. The van der Waals surface area contributed by atoms with Gasteiger partial charge in [-0.1, -0.05) is 6.92 Å². The van der Waals surface area contributed by atoms with Crippen LogP contribution in [-0.4, -0.2) is 15.8 Å². The van der Waals surface area contributed by atoms with Crippen LogP contribution in [0.3, 0.4) is 0 Å². The molecule has 0 saturated heterocycles. The van der Waals surface area contributed by atoms with Crippen LogP contribution in [0.4, 0.5) is 0 Å². The summed E-state index contributed by atoms with van der Waals surface area (Å²) in [6.07, 6.45) is 4.15. The zero-order valence-corrected chi connectivity index (χ0v) is 9.89. The number of hydrogen-bond acceptors (Lipinski definition) is 2. The van der Waals surface area contributed by atoms with Crippen molar-refractivity contribution in [2.24, 2.45) is 5.92 Å². The molecule has 1 saturated carbocycles. The van der Waals surface area contributed by atoms with E-state index in [4.69, 9.17) is 0 Å². The van der Waals surface area contributed by atoms with Crippen molar-refractivity contribution < 1.29 is 5.11 Å². The molecule has 0 spiro atoms. The van der Waals surface area contributed by atoms with Gasteiger partial charge in [0.25, 0.3) is 5.56 Å². The van der Waals surface area contributed by atoms with E-state index in [1.54, 1.807) is 10.6 Å². The van der Waals surface area contributed by atoms with Crippen molar-refractivity contribution in [2.45, 2.75) is 45.3 Å². The third-order valence-corrected chi connectivity index (χ3v) is 3.59. The summed E-state index contributed by atoms with van der Waals surface area (Å²) in [5.74, 6) is 0.462. The van der Waals surface area contributed by atoms with Gasteiger partial charge in [-0.3, -0.25) is 4.79 Å². The van der Waals surface area contributed by atoms with Gasteiger partial charge in [0, 0.05) is 18.3 Å². The number of pyridine rings is 1. The van der Waals surface area contributed by atoms with Gasteiger partial charge in [0.2, 0.25) is 0 Å². The number of rotatable bonds is 1. The summed E-state index contributed by atoms with van der Waals surface area (Å²) in [6, 6.07) is 3.76. The number of aromatic nitrogens is 1. The second kappa shape index (κ2) is 4.42. The average Bonchev–Trinajstić information content (AvgIpc) is 2.22. The first kappa shape index (κ1) is 11.4. The van der Waals surface area contributed by atoms with Crippen molar-refractivity contribution >= 4 is 0 Å².